The summed E-state index contributed by atoms with van der Waals surface area (Å²) in [6.45, 7) is 3.61. The molecule has 8 nitrogen and oxygen atoms in total. The third-order valence-electron chi connectivity index (χ3n) is 3.61. The zero-order valence-electron chi connectivity index (χ0n) is 14.1. The minimum absolute atomic E-state index is 0.148. The molecule has 0 bridgehead atoms. The lowest BCUT2D eigenvalue weighted by atomic mass is 10.0. The molecule has 2 aromatic rings. The molecule has 0 unspecified atom stereocenters. The van der Waals surface area contributed by atoms with Gasteiger partial charge in [-0.25, -0.2) is 13.2 Å². The van der Waals surface area contributed by atoms with Crippen LogP contribution in [0.25, 0.3) is 0 Å². The second-order valence-electron chi connectivity index (χ2n) is 5.38. The number of methoxy groups -OCH3 is 1. The van der Waals surface area contributed by atoms with Crippen molar-refractivity contribution >= 4 is 33.3 Å². The minimum atomic E-state index is -4.13. The second kappa shape index (κ2) is 8.30. The average Bonchev–Trinajstić information content (AvgIpc) is 2.65. The maximum Gasteiger partial charge on any atom is 0.335 e. The van der Waals surface area contributed by atoms with Gasteiger partial charge in [-0.05, 0) is 29.8 Å². The molecule has 0 saturated heterocycles. The van der Waals surface area contributed by atoms with Crippen molar-refractivity contribution in [1.29, 1.82) is 0 Å². The summed E-state index contributed by atoms with van der Waals surface area (Å²) in [7, 11) is -2.99. The van der Waals surface area contributed by atoms with Gasteiger partial charge in [-0.3, -0.25) is 10.1 Å². The number of rotatable bonds is 7. The fourth-order valence-corrected chi connectivity index (χ4v) is 3.66. The zero-order valence-corrected chi connectivity index (χ0v) is 15.7. The molecule has 0 aromatic heterocycles. The summed E-state index contributed by atoms with van der Waals surface area (Å²) in [5.41, 5.74) is -0.0204. The Balaban J connectivity index is 2.42. The molecule has 0 fully saturated rings. The topological polar surface area (TPSA) is 116 Å². The molecule has 0 saturated carbocycles. The summed E-state index contributed by atoms with van der Waals surface area (Å²) in [5, 5.41) is 11.1. The molecule has 10 heteroatoms. The van der Waals surface area contributed by atoms with Gasteiger partial charge < -0.3 is 4.74 Å². The van der Waals surface area contributed by atoms with E-state index in [1.54, 1.807) is 18.2 Å². The van der Waals surface area contributed by atoms with E-state index in [4.69, 9.17) is 11.6 Å². The van der Waals surface area contributed by atoms with Gasteiger partial charge >= 0.3 is 5.97 Å². The fraction of sp³-hybridized carbons (Fsp3) is 0.118. The third kappa shape index (κ3) is 4.91. The van der Waals surface area contributed by atoms with Crippen molar-refractivity contribution < 1.29 is 22.9 Å². The van der Waals surface area contributed by atoms with Crippen molar-refractivity contribution in [3.05, 3.63) is 81.4 Å². The number of benzene rings is 2. The van der Waals surface area contributed by atoms with Gasteiger partial charge in [0.2, 0.25) is 10.0 Å². The number of non-ortho nitro benzene ring substituents is 1. The van der Waals surface area contributed by atoms with Gasteiger partial charge in [0, 0.05) is 17.2 Å². The first-order valence-corrected chi connectivity index (χ1v) is 9.31. The number of ether oxygens (including phenoxy) is 1. The number of hydrogen-bond acceptors (Lipinski definition) is 6. The molecule has 0 aliphatic carbocycles. The van der Waals surface area contributed by atoms with Gasteiger partial charge in [-0.2, -0.15) is 4.72 Å². The monoisotopic (exact) mass is 410 g/mol. The highest BCUT2D eigenvalue weighted by Crippen LogP contribution is 2.27. The maximum absolute atomic E-state index is 12.7. The Kier molecular flexibility index (Phi) is 6.32. The largest absolute Gasteiger partial charge is 0.466 e. The first-order valence-electron chi connectivity index (χ1n) is 7.45. The van der Waals surface area contributed by atoms with Crippen LogP contribution in [0.15, 0.2) is 65.6 Å². The van der Waals surface area contributed by atoms with Crippen molar-refractivity contribution in [3.8, 4) is 0 Å². The molecule has 0 aliphatic heterocycles. The van der Waals surface area contributed by atoms with Crippen LogP contribution in [-0.2, 0) is 19.6 Å². The fourth-order valence-electron chi connectivity index (χ4n) is 2.25. The summed E-state index contributed by atoms with van der Waals surface area (Å²) in [6.07, 6.45) is 0. The highest BCUT2D eigenvalue weighted by atomic mass is 35.5. The first kappa shape index (κ1) is 20.6. The van der Waals surface area contributed by atoms with Crippen LogP contribution in [0.5, 0.6) is 0 Å². The van der Waals surface area contributed by atoms with Gasteiger partial charge in [-0.15, -0.1) is 0 Å². The van der Waals surface area contributed by atoms with Crippen LogP contribution in [-0.4, -0.2) is 26.4 Å². The quantitative estimate of drug-likeness (QED) is 0.324. The molecule has 142 valence electrons. The Morgan fingerprint density at radius 1 is 1.26 bits per heavy atom. The number of nitrogens with zero attached hydrogens (tertiary/aromatic N) is 1. The van der Waals surface area contributed by atoms with Crippen LogP contribution in [0.2, 0.25) is 5.02 Å². The molecule has 0 heterocycles. The zero-order chi connectivity index (χ0) is 20.2. The van der Waals surface area contributed by atoms with Crippen molar-refractivity contribution in [2.45, 2.75) is 10.9 Å². The average molecular weight is 411 g/mol. The van der Waals surface area contributed by atoms with Crippen LogP contribution in [0.4, 0.5) is 5.69 Å². The Morgan fingerprint density at radius 3 is 2.41 bits per heavy atom. The summed E-state index contributed by atoms with van der Waals surface area (Å²) in [6, 6.07) is 9.42. The maximum atomic E-state index is 12.7. The van der Waals surface area contributed by atoms with E-state index < -0.39 is 27.0 Å². The smallest absolute Gasteiger partial charge is 0.335 e. The van der Waals surface area contributed by atoms with Crippen LogP contribution in [0, 0.1) is 10.1 Å². The summed E-state index contributed by atoms with van der Waals surface area (Å²) >= 11 is 5.96. The number of hydrogen-bond donors (Lipinski definition) is 1. The van der Waals surface area contributed by atoms with Gasteiger partial charge in [0.1, 0.15) is 0 Å². The van der Waals surface area contributed by atoms with E-state index in [1.165, 1.54) is 6.07 Å². The third-order valence-corrected chi connectivity index (χ3v) is 5.28. The predicted molar refractivity (Wildman–Crippen MR) is 98.8 cm³/mol. The van der Waals surface area contributed by atoms with Crippen LogP contribution in [0.1, 0.15) is 11.6 Å². The Labute approximate surface area is 160 Å². The van der Waals surface area contributed by atoms with E-state index in [9.17, 15) is 23.3 Å². The van der Waals surface area contributed by atoms with E-state index in [2.05, 4.69) is 16.0 Å². The number of nitro benzene ring substituents is 1. The van der Waals surface area contributed by atoms with Crippen molar-refractivity contribution in [3.63, 3.8) is 0 Å². The molecule has 0 amide bonds. The van der Waals surface area contributed by atoms with Crippen LogP contribution in [0.3, 0.4) is 0 Å². The van der Waals surface area contributed by atoms with Crippen LogP contribution < -0.4 is 4.72 Å². The molecule has 1 atom stereocenters. The summed E-state index contributed by atoms with van der Waals surface area (Å²) < 4.78 is 32.4. The summed E-state index contributed by atoms with van der Waals surface area (Å²) in [4.78, 5) is 21.8. The first-order chi connectivity index (χ1) is 12.7. The molecule has 0 spiro atoms. The second-order valence-corrected chi connectivity index (χ2v) is 7.53. The number of carbonyl (C=O) groups excluding carboxylic acids is 1. The van der Waals surface area contributed by atoms with Gasteiger partial charge in [0.05, 0.1) is 28.5 Å². The van der Waals surface area contributed by atoms with E-state index in [0.29, 0.717) is 10.6 Å². The number of nitro groups is 1. The van der Waals surface area contributed by atoms with Gasteiger partial charge in [0.25, 0.3) is 5.69 Å². The lowest BCUT2D eigenvalue weighted by Crippen LogP contribution is -2.32. The van der Waals surface area contributed by atoms with Gasteiger partial charge in [0.15, 0.2) is 0 Å². The number of carbonyl (C=O) groups is 1. The van der Waals surface area contributed by atoms with Crippen molar-refractivity contribution in [2.24, 2.45) is 0 Å². The number of halogens is 1. The van der Waals surface area contributed by atoms with E-state index in [-0.39, 0.29) is 16.2 Å². The lowest BCUT2D eigenvalue weighted by molar-refractivity contribution is -0.384. The standard InChI is InChI=1S/C17H15ClN2O6S/c1-11(17(21)26-2)16(12-4-3-5-13(18)10-12)19-27(24,25)15-8-6-14(7-9-15)20(22)23/h3-10,16,19H,1H2,2H3/t16-/m1/s1. The molecule has 2 aromatic carbocycles. The molecule has 0 radical (unpaired) electrons. The number of esters is 1. The SMILES string of the molecule is C=C(C(=O)OC)[C@@H](NS(=O)(=O)c1ccc([N+](=O)[O-])cc1)c1cccc(Cl)c1. The minimum Gasteiger partial charge on any atom is -0.466 e. The Bertz CT molecular complexity index is 989. The number of sulfonamides is 1. The molecular formula is C17H15ClN2O6S. The highest BCUT2D eigenvalue weighted by molar-refractivity contribution is 7.89. The van der Waals surface area contributed by atoms with E-state index in [0.717, 1.165) is 31.4 Å². The molecule has 2 rings (SSSR count). The van der Waals surface area contributed by atoms with Crippen LogP contribution >= 0.6 is 11.6 Å². The van der Waals surface area contributed by atoms with Gasteiger partial charge in [-0.1, -0.05) is 30.3 Å². The molecule has 27 heavy (non-hydrogen) atoms. The normalized spacial score (nSPS) is 12.2. The Hall–Kier alpha value is -2.75. The molecule has 1 N–H and O–H groups in total. The van der Waals surface area contributed by atoms with Crippen molar-refractivity contribution in [2.75, 3.05) is 7.11 Å². The summed E-state index contributed by atoms with van der Waals surface area (Å²) in [5.74, 6) is -0.800. The molecular weight excluding hydrogens is 396 g/mol. The van der Waals surface area contributed by atoms with E-state index >= 15 is 0 Å². The van der Waals surface area contributed by atoms with Crippen molar-refractivity contribution in [1.82, 2.24) is 4.72 Å². The predicted octanol–water partition coefficient (Wildman–Crippen LogP) is 3.00. The Morgan fingerprint density at radius 2 is 1.89 bits per heavy atom. The number of nitrogens with one attached hydrogen (secondary N) is 1. The highest BCUT2D eigenvalue weighted by Gasteiger charge is 2.28. The molecule has 0 aliphatic rings. The van der Waals surface area contributed by atoms with E-state index in [1.807, 2.05) is 0 Å². The lowest BCUT2D eigenvalue weighted by Gasteiger charge is -2.20.